The number of amides is 1. The van der Waals surface area contributed by atoms with E-state index in [0.717, 1.165) is 14.8 Å². The highest BCUT2D eigenvalue weighted by molar-refractivity contribution is 14.1. The van der Waals surface area contributed by atoms with Gasteiger partial charge in [-0.1, -0.05) is 11.6 Å². The monoisotopic (exact) mass is 402 g/mol. The summed E-state index contributed by atoms with van der Waals surface area (Å²) in [6.07, 6.45) is 2.22. The molecular formula is C14H9ClFIN2O. The molecule has 0 spiro atoms. The quantitative estimate of drug-likeness (QED) is 0.682. The fourth-order valence-corrected chi connectivity index (χ4v) is 2.70. The van der Waals surface area contributed by atoms with Crippen molar-refractivity contribution in [2.75, 3.05) is 11.4 Å². The Balaban J connectivity index is 1.95. The molecule has 0 atom stereocenters. The van der Waals surface area contributed by atoms with E-state index in [-0.39, 0.29) is 11.7 Å². The molecule has 1 amide bonds. The van der Waals surface area contributed by atoms with E-state index in [1.165, 1.54) is 12.1 Å². The van der Waals surface area contributed by atoms with Gasteiger partial charge >= 0.3 is 0 Å². The number of carbonyl (C=O) groups excluding carboxylic acids is 1. The van der Waals surface area contributed by atoms with Crippen molar-refractivity contribution in [3.8, 4) is 0 Å². The van der Waals surface area contributed by atoms with Crippen LogP contribution in [0.15, 0.2) is 30.5 Å². The van der Waals surface area contributed by atoms with Crippen LogP contribution in [0, 0.1) is 9.39 Å². The number of hydrogen-bond acceptors (Lipinski definition) is 2. The zero-order valence-corrected chi connectivity index (χ0v) is 13.2. The van der Waals surface area contributed by atoms with Crippen LogP contribution < -0.4 is 4.90 Å². The van der Waals surface area contributed by atoms with Crippen LogP contribution >= 0.6 is 34.2 Å². The molecule has 2 heterocycles. The molecule has 0 aliphatic carbocycles. The van der Waals surface area contributed by atoms with Crippen molar-refractivity contribution in [2.45, 2.75) is 6.42 Å². The lowest BCUT2D eigenvalue weighted by atomic mass is 10.1. The summed E-state index contributed by atoms with van der Waals surface area (Å²) < 4.78 is 14.0. The summed E-state index contributed by atoms with van der Waals surface area (Å²) in [5.74, 6) is -0.498. The Morgan fingerprint density at radius 3 is 2.95 bits per heavy atom. The van der Waals surface area contributed by atoms with E-state index < -0.39 is 0 Å². The number of anilines is 1. The van der Waals surface area contributed by atoms with Crippen molar-refractivity contribution in [2.24, 2.45) is 0 Å². The number of benzene rings is 1. The average Bonchev–Trinajstić information content (AvgIpc) is 2.84. The van der Waals surface area contributed by atoms with Crippen molar-refractivity contribution < 1.29 is 9.18 Å². The summed E-state index contributed by atoms with van der Waals surface area (Å²) in [5.41, 5.74) is 1.88. The maximum absolute atomic E-state index is 13.2. The normalized spacial score (nSPS) is 13.4. The molecule has 3 nitrogen and oxygen atoms in total. The molecule has 3 rings (SSSR count). The van der Waals surface area contributed by atoms with Gasteiger partial charge in [0.25, 0.3) is 5.91 Å². The van der Waals surface area contributed by atoms with Gasteiger partial charge in [0.1, 0.15) is 11.5 Å². The lowest BCUT2D eigenvalue weighted by molar-refractivity contribution is 0.0984. The van der Waals surface area contributed by atoms with E-state index in [1.807, 2.05) is 0 Å². The van der Waals surface area contributed by atoms with E-state index in [2.05, 4.69) is 27.6 Å². The Kier molecular flexibility index (Phi) is 3.64. The molecule has 1 aromatic carbocycles. The number of halogens is 3. The van der Waals surface area contributed by atoms with E-state index in [4.69, 9.17) is 11.6 Å². The first kappa shape index (κ1) is 13.8. The van der Waals surface area contributed by atoms with Gasteiger partial charge in [0, 0.05) is 18.4 Å². The summed E-state index contributed by atoms with van der Waals surface area (Å²) in [6.45, 7) is 0.531. The predicted octanol–water partition coefficient (Wildman–Crippen LogP) is 3.68. The Morgan fingerprint density at radius 2 is 2.20 bits per heavy atom. The fraction of sp³-hybridized carbons (Fsp3) is 0.143. The number of hydrogen-bond donors (Lipinski definition) is 0. The first-order valence-corrected chi connectivity index (χ1v) is 7.43. The van der Waals surface area contributed by atoms with Gasteiger partial charge in [-0.15, -0.1) is 0 Å². The van der Waals surface area contributed by atoms with Crippen LogP contribution in [0.3, 0.4) is 0 Å². The maximum Gasteiger partial charge on any atom is 0.276 e. The van der Waals surface area contributed by atoms with Crippen LogP contribution in [0.4, 0.5) is 10.1 Å². The third kappa shape index (κ3) is 2.40. The summed E-state index contributed by atoms with van der Waals surface area (Å²) in [4.78, 5) is 18.2. The van der Waals surface area contributed by atoms with Crippen molar-refractivity contribution in [3.05, 3.63) is 56.1 Å². The molecule has 0 fully saturated rings. The number of aromatic nitrogens is 1. The topological polar surface area (TPSA) is 33.2 Å². The Morgan fingerprint density at radius 1 is 1.40 bits per heavy atom. The van der Waals surface area contributed by atoms with E-state index in [1.54, 1.807) is 23.2 Å². The third-order valence-electron chi connectivity index (χ3n) is 3.21. The highest BCUT2D eigenvalue weighted by atomic mass is 127. The number of rotatable bonds is 1. The molecule has 2 aromatic rings. The summed E-state index contributed by atoms with van der Waals surface area (Å²) >= 11 is 8.07. The average molecular weight is 403 g/mol. The van der Waals surface area contributed by atoms with Gasteiger partial charge in [0.2, 0.25) is 0 Å². The molecular weight excluding hydrogens is 394 g/mol. The van der Waals surface area contributed by atoms with Crippen molar-refractivity contribution in [1.29, 1.82) is 0 Å². The zero-order valence-electron chi connectivity index (χ0n) is 10.2. The maximum atomic E-state index is 13.2. The number of pyridine rings is 1. The van der Waals surface area contributed by atoms with E-state index >= 15 is 0 Å². The van der Waals surface area contributed by atoms with Crippen LogP contribution in [-0.4, -0.2) is 17.4 Å². The molecule has 0 N–H and O–H groups in total. The fourth-order valence-electron chi connectivity index (χ4n) is 2.25. The van der Waals surface area contributed by atoms with Gasteiger partial charge in [0.15, 0.2) is 0 Å². The first-order valence-electron chi connectivity index (χ1n) is 5.97. The minimum Gasteiger partial charge on any atom is -0.306 e. The number of carbonyl (C=O) groups is 1. The second-order valence-electron chi connectivity index (χ2n) is 4.46. The van der Waals surface area contributed by atoms with Crippen LogP contribution in [0.2, 0.25) is 5.02 Å². The minimum atomic E-state index is -0.284. The Bertz CT molecular complexity index is 708. The molecule has 0 saturated heterocycles. The molecule has 0 radical (unpaired) electrons. The summed E-state index contributed by atoms with van der Waals surface area (Å²) in [6, 6.07) is 6.02. The SMILES string of the molecule is O=C(c1cc(Cl)c(I)cn1)N1CCc2cc(F)ccc21. The smallest absolute Gasteiger partial charge is 0.276 e. The lowest BCUT2D eigenvalue weighted by Gasteiger charge is -2.17. The molecule has 1 aromatic heterocycles. The van der Waals surface area contributed by atoms with Gasteiger partial charge in [-0.05, 0) is 58.8 Å². The summed E-state index contributed by atoms with van der Waals surface area (Å²) in [7, 11) is 0. The predicted molar refractivity (Wildman–Crippen MR) is 83.7 cm³/mol. The molecule has 6 heteroatoms. The largest absolute Gasteiger partial charge is 0.306 e. The van der Waals surface area contributed by atoms with E-state index in [0.29, 0.717) is 23.7 Å². The van der Waals surface area contributed by atoms with Crippen molar-refractivity contribution in [3.63, 3.8) is 0 Å². The van der Waals surface area contributed by atoms with Gasteiger partial charge < -0.3 is 4.90 Å². The second-order valence-corrected chi connectivity index (χ2v) is 6.03. The first-order chi connectivity index (χ1) is 9.56. The van der Waals surface area contributed by atoms with Crippen molar-refractivity contribution in [1.82, 2.24) is 4.98 Å². The van der Waals surface area contributed by atoms with Crippen LogP contribution in [0.25, 0.3) is 0 Å². The van der Waals surface area contributed by atoms with Gasteiger partial charge in [0.05, 0.1) is 8.59 Å². The minimum absolute atomic E-state index is 0.214. The molecule has 1 aliphatic rings. The number of nitrogens with zero attached hydrogens (tertiary/aromatic N) is 2. The molecule has 0 bridgehead atoms. The Labute approximate surface area is 133 Å². The molecule has 0 saturated carbocycles. The summed E-state index contributed by atoms with van der Waals surface area (Å²) in [5, 5.41) is 0.502. The van der Waals surface area contributed by atoms with Gasteiger partial charge in [-0.2, -0.15) is 0 Å². The zero-order chi connectivity index (χ0) is 14.3. The molecule has 0 unspecified atom stereocenters. The van der Waals surface area contributed by atoms with Crippen LogP contribution in [0.5, 0.6) is 0 Å². The standard InChI is InChI=1S/C14H9ClFIN2O/c15-10-6-12(18-7-11(10)17)14(20)19-4-3-8-5-9(16)1-2-13(8)19/h1-2,5-7H,3-4H2. The molecule has 20 heavy (non-hydrogen) atoms. The van der Waals surface area contributed by atoms with Crippen LogP contribution in [-0.2, 0) is 6.42 Å². The van der Waals surface area contributed by atoms with Gasteiger partial charge in [-0.3, -0.25) is 4.79 Å². The van der Waals surface area contributed by atoms with E-state index in [9.17, 15) is 9.18 Å². The van der Waals surface area contributed by atoms with Crippen LogP contribution in [0.1, 0.15) is 16.1 Å². The molecule has 1 aliphatic heterocycles. The Hall–Kier alpha value is -1.21. The second kappa shape index (κ2) is 5.29. The van der Waals surface area contributed by atoms with Gasteiger partial charge in [-0.25, -0.2) is 9.37 Å². The van der Waals surface area contributed by atoms with Crippen molar-refractivity contribution >= 4 is 45.8 Å². The molecule has 102 valence electrons. The highest BCUT2D eigenvalue weighted by Crippen LogP contribution is 2.30. The third-order valence-corrected chi connectivity index (χ3v) is 4.70. The number of fused-ring (bicyclic) bond motifs is 1. The highest BCUT2D eigenvalue weighted by Gasteiger charge is 2.26. The lowest BCUT2D eigenvalue weighted by Crippen LogP contribution is -2.29.